The van der Waals surface area contributed by atoms with Gasteiger partial charge >= 0.3 is 11.9 Å². The van der Waals surface area contributed by atoms with E-state index in [4.69, 9.17) is 14.2 Å². The third kappa shape index (κ3) is 9.79. The number of carboxylic acid groups (broad SMARTS) is 1. The number of benzene rings is 2. The molecule has 1 aliphatic heterocycles. The summed E-state index contributed by atoms with van der Waals surface area (Å²) in [6, 6.07) is 4.96. The van der Waals surface area contributed by atoms with E-state index in [2.05, 4.69) is 13.8 Å². The number of aromatic hydroxyl groups is 2. The zero-order valence-electron chi connectivity index (χ0n) is 26.6. The predicted octanol–water partition coefficient (Wildman–Crippen LogP) is 4.22. The Labute approximate surface area is 269 Å². The molecule has 0 spiro atoms. The number of aryl methyl sites for hydroxylation is 2. The van der Waals surface area contributed by atoms with Gasteiger partial charge in [0.1, 0.15) is 58.5 Å². The molecule has 12 nitrogen and oxygen atoms in total. The summed E-state index contributed by atoms with van der Waals surface area (Å²) in [5, 5.41) is 71.5. The van der Waals surface area contributed by atoms with Crippen LogP contribution >= 0.6 is 0 Å². The number of aliphatic hydroxyl groups excluding tert-OH is 4. The summed E-state index contributed by atoms with van der Waals surface area (Å²) in [7, 11) is 0. The van der Waals surface area contributed by atoms with Crippen LogP contribution in [0.2, 0.25) is 0 Å². The van der Waals surface area contributed by atoms with Crippen molar-refractivity contribution >= 4 is 11.9 Å². The number of hydrogen-bond acceptors (Lipinski definition) is 11. The normalized spacial score (nSPS) is 21.2. The van der Waals surface area contributed by atoms with Crippen LogP contribution in [-0.2, 0) is 17.6 Å². The number of ether oxygens (including phenoxy) is 3. The van der Waals surface area contributed by atoms with Gasteiger partial charge in [-0.3, -0.25) is 0 Å². The molecule has 46 heavy (non-hydrogen) atoms. The Bertz CT molecular complexity index is 1290. The van der Waals surface area contributed by atoms with Crippen LogP contribution in [0.3, 0.4) is 0 Å². The molecule has 0 bridgehead atoms. The van der Waals surface area contributed by atoms with Crippen LogP contribution < -0.4 is 9.47 Å². The zero-order valence-corrected chi connectivity index (χ0v) is 26.6. The van der Waals surface area contributed by atoms with Gasteiger partial charge in [-0.2, -0.15) is 0 Å². The number of unbranched alkanes of at least 4 members (excludes halogenated alkanes) is 8. The van der Waals surface area contributed by atoms with Crippen LogP contribution in [0.1, 0.15) is 110 Å². The summed E-state index contributed by atoms with van der Waals surface area (Å²) >= 11 is 0. The molecular weight excluding hydrogens is 600 g/mol. The predicted molar refractivity (Wildman–Crippen MR) is 167 cm³/mol. The summed E-state index contributed by atoms with van der Waals surface area (Å²) in [5.41, 5.74) is 0.294. The first-order chi connectivity index (χ1) is 22.0. The maximum atomic E-state index is 13.8. The molecule has 2 aromatic rings. The number of carbonyl (C=O) groups is 2. The van der Waals surface area contributed by atoms with Crippen molar-refractivity contribution in [2.75, 3.05) is 6.61 Å². The standard InChI is InChI=1S/C34H48O12/c1-3-5-7-9-11-13-20-15-22(36)17-25(45-34-31(40)30(39)29(38)26(19-35)46-34)28(20)33(43)44-23-16-21(14-12-10-8-6-4-2)27(32(41)42)24(37)18-23/h15-18,26,29-31,34-40H,3-14,19H2,1-2H3,(H,41,42)/t26-,29+,30+,31-,34-/m1/s1. The molecule has 12 heteroatoms. The Morgan fingerprint density at radius 1 is 0.761 bits per heavy atom. The molecule has 0 aliphatic carbocycles. The largest absolute Gasteiger partial charge is 0.508 e. The van der Waals surface area contributed by atoms with Crippen molar-refractivity contribution in [3.8, 4) is 23.0 Å². The summed E-state index contributed by atoms with van der Waals surface area (Å²) in [5.74, 6) is -3.41. The molecule has 0 saturated carbocycles. The molecular formula is C34H48O12. The Kier molecular flexibility index (Phi) is 14.5. The summed E-state index contributed by atoms with van der Waals surface area (Å²) in [6.45, 7) is 3.48. The van der Waals surface area contributed by atoms with E-state index >= 15 is 0 Å². The third-order valence-electron chi connectivity index (χ3n) is 8.16. The number of rotatable bonds is 18. The number of carbonyl (C=O) groups excluding carboxylic acids is 1. The highest BCUT2D eigenvalue weighted by Gasteiger charge is 2.45. The fourth-order valence-corrected chi connectivity index (χ4v) is 5.62. The lowest BCUT2D eigenvalue weighted by molar-refractivity contribution is -0.277. The minimum Gasteiger partial charge on any atom is -0.508 e. The highest BCUT2D eigenvalue weighted by Crippen LogP contribution is 2.35. The van der Waals surface area contributed by atoms with Crippen LogP contribution in [0.4, 0.5) is 0 Å². The van der Waals surface area contributed by atoms with Gasteiger partial charge in [0.15, 0.2) is 0 Å². The molecule has 1 aliphatic rings. The Morgan fingerprint density at radius 2 is 1.35 bits per heavy atom. The minimum atomic E-state index is -1.78. The monoisotopic (exact) mass is 648 g/mol. The number of aliphatic hydroxyl groups is 4. The number of phenols is 2. The van der Waals surface area contributed by atoms with Crippen molar-refractivity contribution in [2.24, 2.45) is 0 Å². The summed E-state index contributed by atoms with van der Waals surface area (Å²) in [6.07, 6.45) is 1.83. The highest BCUT2D eigenvalue weighted by molar-refractivity contribution is 5.97. The topological polar surface area (TPSA) is 203 Å². The maximum Gasteiger partial charge on any atom is 0.347 e. The summed E-state index contributed by atoms with van der Waals surface area (Å²) < 4.78 is 17.0. The number of esters is 1. The average molecular weight is 649 g/mol. The molecule has 7 N–H and O–H groups in total. The van der Waals surface area contributed by atoms with Gasteiger partial charge in [-0.25, -0.2) is 9.59 Å². The van der Waals surface area contributed by atoms with E-state index in [-0.39, 0.29) is 28.4 Å². The number of hydrogen-bond donors (Lipinski definition) is 7. The molecule has 3 rings (SSSR count). The van der Waals surface area contributed by atoms with E-state index in [1.165, 1.54) is 12.1 Å². The SMILES string of the molecule is CCCCCCCc1cc(OC(=O)c2c(CCCCCCC)cc(O)cc2O[C@@H]2O[C@H](CO)[C@H](O)[C@H](O)[C@H]2O)cc(O)c1C(=O)O. The minimum absolute atomic E-state index is 0.100. The first-order valence-corrected chi connectivity index (χ1v) is 16.2. The van der Waals surface area contributed by atoms with Gasteiger partial charge < -0.3 is 50.0 Å². The molecule has 0 aromatic heterocycles. The maximum absolute atomic E-state index is 13.8. The van der Waals surface area contributed by atoms with Gasteiger partial charge in [0.2, 0.25) is 6.29 Å². The van der Waals surface area contributed by atoms with Crippen molar-refractivity contribution in [2.45, 2.75) is 122 Å². The van der Waals surface area contributed by atoms with Crippen LogP contribution in [0.5, 0.6) is 23.0 Å². The van der Waals surface area contributed by atoms with Crippen molar-refractivity contribution in [1.29, 1.82) is 0 Å². The number of phenolic OH excluding ortho intramolecular Hbond substituents is 1. The van der Waals surface area contributed by atoms with Gasteiger partial charge in [-0.05, 0) is 48.9 Å². The van der Waals surface area contributed by atoms with E-state index in [1.807, 2.05) is 0 Å². The highest BCUT2D eigenvalue weighted by atomic mass is 16.7. The van der Waals surface area contributed by atoms with Gasteiger partial charge in [0.05, 0.1) is 6.61 Å². The zero-order chi connectivity index (χ0) is 33.8. The fraction of sp³-hybridized carbons (Fsp3) is 0.588. The lowest BCUT2D eigenvalue weighted by Crippen LogP contribution is -2.60. The van der Waals surface area contributed by atoms with Gasteiger partial charge in [0, 0.05) is 12.1 Å². The van der Waals surface area contributed by atoms with Gasteiger partial charge in [-0.1, -0.05) is 65.2 Å². The van der Waals surface area contributed by atoms with Crippen LogP contribution in [0, 0.1) is 0 Å². The average Bonchev–Trinajstić information content (AvgIpc) is 3.00. The Hall–Kier alpha value is -3.42. The van der Waals surface area contributed by atoms with Crippen molar-refractivity contribution in [1.82, 2.24) is 0 Å². The van der Waals surface area contributed by atoms with Crippen LogP contribution in [-0.4, -0.2) is 85.0 Å². The smallest absolute Gasteiger partial charge is 0.347 e. The van der Waals surface area contributed by atoms with E-state index in [0.29, 0.717) is 36.8 Å². The molecule has 1 fully saturated rings. The van der Waals surface area contributed by atoms with E-state index < -0.39 is 55.0 Å². The third-order valence-corrected chi connectivity index (χ3v) is 8.16. The second-order valence-corrected chi connectivity index (χ2v) is 11.8. The van der Waals surface area contributed by atoms with Crippen molar-refractivity contribution < 1.29 is 59.5 Å². The molecule has 0 amide bonds. The lowest BCUT2D eigenvalue weighted by Gasteiger charge is -2.39. The number of carboxylic acids is 1. The van der Waals surface area contributed by atoms with E-state index in [1.54, 1.807) is 0 Å². The second-order valence-electron chi connectivity index (χ2n) is 11.8. The quantitative estimate of drug-likeness (QED) is 0.0690. The first-order valence-electron chi connectivity index (χ1n) is 16.2. The molecule has 1 heterocycles. The summed E-state index contributed by atoms with van der Waals surface area (Å²) in [4.78, 5) is 25.8. The molecule has 0 unspecified atom stereocenters. The fourth-order valence-electron chi connectivity index (χ4n) is 5.62. The van der Waals surface area contributed by atoms with E-state index in [9.17, 15) is 45.3 Å². The van der Waals surface area contributed by atoms with Crippen molar-refractivity contribution in [3.05, 3.63) is 46.5 Å². The van der Waals surface area contributed by atoms with Gasteiger partial charge in [0.25, 0.3) is 0 Å². The Morgan fingerprint density at radius 3 is 1.91 bits per heavy atom. The van der Waals surface area contributed by atoms with E-state index in [0.717, 1.165) is 63.5 Å². The molecule has 256 valence electrons. The Balaban J connectivity index is 1.97. The van der Waals surface area contributed by atoms with Crippen LogP contribution in [0.15, 0.2) is 24.3 Å². The molecule has 5 atom stereocenters. The van der Waals surface area contributed by atoms with Crippen molar-refractivity contribution in [3.63, 3.8) is 0 Å². The first kappa shape index (κ1) is 37.0. The molecule has 1 saturated heterocycles. The lowest BCUT2D eigenvalue weighted by atomic mass is 9.98. The van der Waals surface area contributed by atoms with Crippen LogP contribution in [0.25, 0.3) is 0 Å². The molecule has 0 radical (unpaired) electrons. The van der Waals surface area contributed by atoms with Gasteiger partial charge in [-0.15, -0.1) is 0 Å². The number of aromatic carboxylic acids is 1. The second kappa shape index (κ2) is 18.1. The molecule has 2 aromatic carbocycles.